The van der Waals surface area contributed by atoms with Crippen LogP contribution in [0.3, 0.4) is 0 Å². The van der Waals surface area contributed by atoms with Crippen molar-refractivity contribution in [2.24, 2.45) is 0 Å². The van der Waals surface area contributed by atoms with E-state index in [0.717, 1.165) is 11.4 Å². The molecule has 4 rings (SSSR count). The molecule has 0 amide bonds. The average Bonchev–Trinajstić information content (AvgIpc) is 3.37. The highest BCUT2D eigenvalue weighted by atomic mass is 15.4. The molecule has 8 nitrogen and oxygen atoms in total. The molecule has 2 aromatic carbocycles. The minimum Gasteiger partial charge on any atom is -0.238 e. The van der Waals surface area contributed by atoms with E-state index in [0.29, 0.717) is 34.5 Å². The van der Waals surface area contributed by atoms with E-state index in [-0.39, 0.29) is 0 Å². The Bertz CT molecular complexity index is 1260. The highest BCUT2D eigenvalue weighted by Gasteiger charge is 2.33. The molecule has 0 bridgehead atoms. The molecule has 31 heavy (non-hydrogen) atoms. The van der Waals surface area contributed by atoms with Gasteiger partial charge in [0.05, 0.1) is 35.0 Å². The van der Waals surface area contributed by atoms with Crippen molar-refractivity contribution in [3.05, 3.63) is 88.8 Å². The van der Waals surface area contributed by atoms with Crippen LogP contribution < -0.4 is 0 Å². The van der Waals surface area contributed by atoms with Crippen molar-refractivity contribution < 1.29 is 0 Å². The van der Waals surface area contributed by atoms with Gasteiger partial charge in [0.15, 0.2) is 17.3 Å². The molecule has 0 spiro atoms. The maximum absolute atomic E-state index is 9.19. The summed E-state index contributed by atoms with van der Waals surface area (Å²) in [6.45, 7) is 14.9. The van der Waals surface area contributed by atoms with Crippen molar-refractivity contribution in [2.75, 3.05) is 0 Å². The summed E-state index contributed by atoms with van der Waals surface area (Å²) in [6.07, 6.45) is 0. The van der Waals surface area contributed by atoms with Crippen LogP contribution in [0.15, 0.2) is 48.5 Å². The van der Waals surface area contributed by atoms with Crippen molar-refractivity contribution in [1.82, 2.24) is 29.5 Å². The molecule has 4 aromatic rings. The highest BCUT2D eigenvalue weighted by molar-refractivity contribution is 5.51. The minimum absolute atomic E-state index is 0.545. The Hall–Kier alpha value is -4.30. The second kappa shape index (κ2) is 7.51. The Morgan fingerprint density at radius 1 is 0.903 bits per heavy atom. The molecular weight excluding hydrogens is 388 g/mol. The third-order valence-electron chi connectivity index (χ3n) is 5.08. The van der Waals surface area contributed by atoms with Crippen molar-refractivity contribution in [2.45, 2.75) is 33.1 Å². The van der Waals surface area contributed by atoms with Crippen LogP contribution >= 0.6 is 0 Å². The van der Waals surface area contributed by atoms with Crippen molar-refractivity contribution in [3.63, 3.8) is 0 Å². The van der Waals surface area contributed by atoms with Gasteiger partial charge in [-0.05, 0) is 58.0 Å². The standard InChI is InChI=1S/C23H20N8/c1-15-26-21(28-30(15)19-10-6-8-17(12-19)14-24)23(3,4)22-27-16(2)31(29-22)20-11-7-9-18(13-20)25-5/h6-13H,1-4H3. The van der Waals surface area contributed by atoms with Gasteiger partial charge < -0.3 is 0 Å². The minimum atomic E-state index is -0.656. The molecule has 0 atom stereocenters. The van der Waals surface area contributed by atoms with Crippen LogP contribution in [0.2, 0.25) is 0 Å². The molecule has 0 aliphatic rings. The van der Waals surface area contributed by atoms with E-state index in [1.54, 1.807) is 33.6 Å². The number of benzene rings is 2. The third-order valence-corrected chi connectivity index (χ3v) is 5.08. The van der Waals surface area contributed by atoms with Gasteiger partial charge in [-0.25, -0.2) is 24.2 Å². The summed E-state index contributed by atoms with van der Waals surface area (Å²) in [7, 11) is 0. The summed E-state index contributed by atoms with van der Waals surface area (Å²) in [6, 6.07) is 16.7. The van der Waals surface area contributed by atoms with Crippen LogP contribution in [0, 0.1) is 31.8 Å². The molecule has 0 radical (unpaired) electrons. The fourth-order valence-corrected chi connectivity index (χ4v) is 3.30. The second-order valence-corrected chi connectivity index (χ2v) is 7.71. The zero-order chi connectivity index (χ0) is 22.2. The highest BCUT2D eigenvalue weighted by Crippen LogP contribution is 2.29. The third kappa shape index (κ3) is 3.56. The van der Waals surface area contributed by atoms with Crippen molar-refractivity contribution in [1.29, 1.82) is 5.26 Å². The molecule has 2 aromatic heterocycles. The van der Waals surface area contributed by atoms with Crippen molar-refractivity contribution in [3.8, 4) is 17.4 Å². The van der Waals surface area contributed by atoms with Gasteiger partial charge in [-0.3, -0.25) is 0 Å². The smallest absolute Gasteiger partial charge is 0.189 e. The number of aryl methyl sites for hydroxylation is 2. The number of rotatable bonds is 4. The summed E-state index contributed by atoms with van der Waals surface area (Å²) in [4.78, 5) is 12.8. The average molecular weight is 408 g/mol. The Labute approximate surface area is 180 Å². The molecule has 2 heterocycles. The Morgan fingerprint density at radius 2 is 1.45 bits per heavy atom. The van der Waals surface area contributed by atoms with Gasteiger partial charge in [0.2, 0.25) is 0 Å². The number of nitrogens with zero attached hydrogens (tertiary/aromatic N) is 8. The Balaban J connectivity index is 1.74. The van der Waals surface area contributed by atoms with E-state index in [2.05, 4.69) is 20.9 Å². The fourth-order valence-electron chi connectivity index (χ4n) is 3.30. The lowest BCUT2D eigenvalue weighted by Crippen LogP contribution is -2.23. The van der Waals surface area contributed by atoms with Crippen molar-refractivity contribution >= 4 is 5.69 Å². The maximum Gasteiger partial charge on any atom is 0.189 e. The van der Waals surface area contributed by atoms with E-state index in [9.17, 15) is 5.26 Å². The zero-order valence-electron chi connectivity index (χ0n) is 17.7. The molecular formula is C23H20N8. The first-order valence-corrected chi connectivity index (χ1v) is 9.70. The molecule has 0 aliphatic carbocycles. The first kappa shape index (κ1) is 20.0. The Morgan fingerprint density at radius 3 is 2.00 bits per heavy atom. The lowest BCUT2D eigenvalue weighted by molar-refractivity contribution is 0.546. The predicted octanol–water partition coefficient (Wildman–Crippen LogP) is 4.21. The molecule has 0 saturated carbocycles. The van der Waals surface area contributed by atoms with Crippen LogP contribution in [0.25, 0.3) is 16.2 Å². The lowest BCUT2D eigenvalue weighted by atomic mass is 9.92. The van der Waals surface area contributed by atoms with Crippen LogP contribution in [-0.2, 0) is 5.41 Å². The van der Waals surface area contributed by atoms with E-state index in [4.69, 9.17) is 16.8 Å². The maximum atomic E-state index is 9.19. The van der Waals surface area contributed by atoms with Crippen LogP contribution in [0.1, 0.15) is 42.7 Å². The summed E-state index contributed by atoms with van der Waals surface area (Å²) in [5.41, 5.74) is 2.01. The fraction of sp³-hybridized carbons (Fsp3) is 0.217. The van der Waals surface area contributed by atoms with Crippen LogP contribution in [0.5, 0.6) is 0 Å². The number of hydrogen-bond acceptors (Lipinski definition) is 5. The normalized spacial score (nSPS) is 11.2. The largest absolute Gasteiger partial charge is 0.238 e. The quantitative estimate of drug-likeness (QED) is 0.472. The summed E-state index contributed by atoms with van der Waals surface area (Å²) < 4.78 is 3.45. The van der Waals surface area contributed by atoms with Gasteiger partial charge in [-0.1, -0.05) is 18.2 Å². The van der Waals surface area contributed by atoms with Gasteiger partial charge in [0.1, 0.15) is 11.6 Å². The Kier molecular flexibility index (Phi) is 4.84. The monoisotopic (exact) mass is 408 g/mol. The van der Waals surface area contributed by atoms with Crippen LogP contribution in [-0.4, -0.2) is 29.5 Å². The summed E-state index contributed by atoms with van der Waals surface area (Å²) in [5, 5.41) is 18.6. The number of hydrogen-bond donors (Lipinski definition) is 0. The topological polar surface area (TPSA) is 89.6 Å². The number of aromatic nitrogens is 6. The second-order valence-electron chi connectivity index (χ2n) is 7.71. The first-order chi connectivity index (χ1) is 14.8. The molecule has 0 saturated heterocycles. The molecule has 0 aliphatic heterocycles. The summed E-state index contributed by atoms with van der Waals surface area (Å²) >= 11 is 0. The molecule has 0 N–H and O–H groups in total. The van der Waals surface area contributed by atoms with Crippen LogP contribution in [0.4, 0.5) is 5.69 Å². The van der Waals surface area contributed by atoms with E-state index in [1.807, 2.05) is 52.0 Å². The predicted molar refractivity (Wildman–Crippen MR) is 115 cm³/mol. The van der Waals surface area contributed by atoms with Gasteiger partial charge in [0, 0.05) is 0 Å². The number of nitriles is 1. The zero-order valence-corrected chi connectivity index (χ0v) is 17.7. The molecule has 0 unspecified atom stereocenters. The van der Waals surface area contributed by atoms with Gasteiger partial charge >= 0.3 is 0 Å². The molecule has 0 fully saturated rings. The van der Waals surface area contributed by atoms with Gasteiger partial charge in [-0.15, -0.1) is 5.10 Å². The summed E-state index contributed by atoms with van der Waals surface area (Å²) in [5.74, 6) is 2.59. The SMILES string of the molecule is [C-]#[N+]c1cccc(-n2nc(C(C)(C)c3nc(C)n(-c4cccc(C#N)c4)n3)nc2C)c1. The van der Waals surface area contributed by atoms with E-state index >= 15 is 0 Å². The van der Waals surface area contributed by atoms with E-state index in [1.165, 1.54) is 0 Å². The van der Waals surface area contributed by atoms with Gasteiger partial charge in [0.25, 0.3) is 0 Å². The van der Waals surface area contributed by atoms with Gasteiger partial charge in [-0.2, -0.15) is 10.4 Å². The van der Waals surface area contributed by atoms with E-state index < -0.39 is 5.41 Å². The molecule has 8 heteroatoms. The first-order valence-electron chi connectivity index (χ1n) is 9.70. The molecule has 152 valence electrons. The lowest BCUT2D eigenvalue weighted by Gasteiger charge is -2.16.